The summed E-state index contributed by atoms with van der Waals surface area (Å²) in [6.45, 7) is 8.42. The summed E-state index contributed by atoms with van der Waals surface area (Å²) in [5.41, 5.74) is 0.0290. The summed E-state index contributed by atoms with van der Waals surface area (Å²) in [6, 6.07) is 4.88. The van der Waals surface area contributed by atoms with Gasteiger partial charge in [-0.2, -0.15) is 0 Å². The molecule has 1 unspecified atom stereocenters. The molecule has 0 aliphatic heterocycles. The summed E-state index contributed by atoms with van der Waals surface area (Å²) < 4.78 is 6.26. The van der Waals surface area contributed by atoms with E-state index in [4.69, 9.17) is 4.74 Å². The molecule has 1 aliphatic carbocycles. The molecule has 1 N–H and O–H groups in total. The summed E-state index contributed by atoms with van der Waals surface area (Å²) in [5, 5.41) is 3.75. The van der Waals surface area contributed by atoms with E-state index >= 15 is 0 Å². The molecule has 1 aromatic heterocycles. The lowest BCUT2D eigenvalue weighted by atomic mass is 9.90. The van der Waals surface area contributed by atoms with Crippen molar-refractivity contribution in [1.82, 2.24) is 5.32 Å². The van der Waals surface area contributed by atoms with Gasteiger partial charge < -0.3 is 10.1 Å². The number of aryl methyl sites for hydroxylation is 1. The first-order chi connectivity index (χ1) is 9.22. The van der Waals surface area contributed by atoms with Crippen molar-refractivity contribution in [3.63, 3.8) is 0 Å². The lowest BCUT2D eigenvalue weighted by molar-refractivity contribution is -0.0617. The lowest BCUT2D eigenvalue weighted by Gasteiger charge is -2.37. The second-order valence-electron chi connectivity index (χ2n) is 5.54. The fraction of sp³-hybridized carbons (Fsp3) is 0.750. The van der Waals surface area contributed by atoms with Crippen molar-refractivity contribution < 1.29 is 4.74 Å². The molecule has 1 aliphatic rings. The van der Waals surface area contributed by atoms with Gasteiger partial charge in [-0.05, 0) is 51.8 Å². The highest BCUT2D eigenvalue weighted by Gasteiger charge is 2.43. The van der Waals surface area contributed by atoms with Gasteiger partial charge in [-0.3, -0.25) is 0 Å². The molecule has 0 spiro atoms. The van der Waals surface area contributed by atoms with E-state index in [1.54, 1.807) is 0 Å². The zero-order valence-electron chi connectivity index (χ0n) is 12.5. The lowest BCUT2D eigenvalue weighted by Crippen LogP contribution is -2.44. The van der Waals surface area contributed by atoms with Gasteiger partial charge >= 0.3 is 0 Å². The quantitative estimate of drug-likeness (QED) is 0.797. The van der Waals surface area contributed by atoms with Gasteiger partial charge in [0.1, 0.15) is 0 Å². The second-order valence-corrected chi connectivity index (χ2v) is 6.86. The van der Waals surface area contributed by atoms with Gasteiger partial charge in [0.15, 0.2) is 0 Å². The molecule has 0 saturated heterocycles. The van der Waals surface area contributed by atoms with Crippen molar-refractivity contribution in [2.24, 2.45) is 0 Å². The minimum atomic E-state index is 0.0290. The minimum Gasteiger partial charge on any atom is -0.373 e. The molecule has 1 heterocycles. The largest absolute Gasteiger partial charge is 0.373 e. The monoisotopic (exact) mass is 281 g/mol. The van der Waals surface area contributed by atoms with Crippen molar-refractivity contribution in [2.75, 3.05) is 13.2 Å². The Bertz CT molecular complexity index is 382. The van der Waals surface area contributed by atoms with Crippen molar-refractivity contribution in [3.8, 4) is 0 Å². The number of thiophene rings is 1. The van der Waals surface area contributed by atoms with Gasteiger partial charge in [-0.25, -0.2) is 0 Å². The molecule has 2 rings (SSSR count). The Morgan fingerprint density at radius 3 is 2.58 bits per heavy atom. The standard InChI is InChI=1S/C16H27NOS/c1-4-12-17-15(14-9-8-13(3)19-14)16(18-5-2)10-6-7-11-16/h8-9,15,17H,4-7,10-12H2,1-3H3. The molecule has 0 bridgehead atoms. The Kier molecular flexibility index (Phi) is 5.43. The zero-order valence-corrected chi connectivity index (χ0v) is 13.3. The molecule has 1 fully saturated rings. The number of hydrogen-bond donors (Lipinski definition) is 1. The van der Waals surface area contributed by atoms with E-state index in [9.17, 15) is 0 Å². The Morgan fingerprint density at radius 2 is 2.05 bits per heavy atom. The van der Waals surface area contributed by atoms with Crippen molar-refractivity contribution in [1.29, 1.82) is 0 Å². The summed E-state index contributed by atoms with van der Waals surface area (Å²) in [6.07, 6.45) is 6.16. The normalized spacial score (nSPS) is 19.7. The molecule has 1 saturated carbocycles. The third-order valence-corrected chi connectivity index (χ3v) is 5.12. The van der Waals surface area contributed by atoms with Gasteiger partial charge in [0.2, 0.25) is 0 Å². The molecule has 0 aromatic carbocycles. The first-order valence-corrected chi connectivity index (χ1v) is 8.47. The Morgan fingerprint density at radius 1 is 1.32 bits per heavy atom. The van der Waals surface area contributed by atoms with E-state index in [1.165, 1.54) is 41.9 Å². The number of nitrogens with one attached hydrogen (secondary N) is 1. The van der Waals surface area contributed by atoms with Crippen LogP contribution >= 0.6 is 11.3 Å². The van der Waals surface area contributed by atoms with Crippen LogP contribution in [-0.4, -0.2) is 18.8 Å². The van der Waals surface area contributed by atoms with E-state index in [0.29, 0.717) is 6.04 Å². The van der Waals surface area contributed by atoms with Crippen molar-refractivity contribution in [2.45, 2.75) is 64.5 Å². The molecule has 3 heteroatoms. The average molecular weight is 281 g/mol. The van der Waals surface area contributed by atoms with Crippen molar-refractivity contribution >= 4 is 11.3 Å². The molecular formula is C16H27NOS. The molecular weight excluding hydrogens is 254 g/mol. The van der Waals surface area contributed by atoms with Crippen LogP contribution in [0.2, 0.25) is 0 Å². The number of ether oxygens (including phenoxy) is 1. The molecule has 0 radical (unpaired) electrons. The third-order valence-electron chi connectivity index (χ3n) is 4.05. The smallest absolute Gasteiger partial charge is 0.0884 e. The molecule has 2 nitrogen and oxygen atoms in total. The molecule has 19 heavy (non-hydrogen) atoms. The highest BCUT2D eigenvalue weighted by molar-refractivity contribution is 7.12. The summed E-state index contributed by atoms with van der Waals surface area (Å²) in [7, 11) is 0. The van der Waals surface area contributed by atoms with Crippen LogP contribution in [0.5, 0.6) is 0 Å². The van der Waals surface area contributed by atoms with Gasteiger partial charge in [0.25, 0.3) is 0 Å². The summed E-state index contributed by atoms with van der Waals surface area (Å²) in [5.74, 6) is 0. The molecule has 0 amide bonds. The Hall–Kier alpha value is -0.380. The zero-order chi connectivity index (χ0) is 13.7. The maximum Gasteiger partial charge on any atom is 0.0884 e. The predicted octanol–water partition coefficient (Wildman–Crippen LogP) is 4.45. The first kappa shape index (κ1) is 15.0. The third kappa shape index (κ3) is 3.39. The van der Waals surface area contributed by atoms with Crippen LogP contribution in [0.15, 0.2) is 12.1 Å². The summed E-state index contributed by atoms with van der Waals surface area (Å²) >= 11 is 1.92. The van der Waals surface area contributed by atoms with Gasteiger partial charge in [-0.15, -0.1) is 11.3 Å². The average Bonchev–Trinajstić information content (AvgIpc) is 3.01. The maximum atomic E-state index is 6.26. The topological polar surface area (TPSA) is 21.3 Å². The summed E-state index contributed by atoms with van der Waals surface area (Å²) in [4.78, 5) is 2.84. The van der Waals surface area contributed by atoms with Crippen LogP contribution in [0.1, 0.15) is 61.7 Å². The van der Waals surface area contributed by atoms with Crippen LogP contribution in [-0.2, 0) is 4.74 Å². The van der Waals surface area contributed by atoms with E-state index in [0.717, 1.165) is 13.2 Å². The Labute approximate surface area is 121 Å². The van der Waals surface area contributed by atoms with E-state index < -0.39 is 0 Å². The fourth-order valence-electron chi connectivity index (χ4n) is 3.22. The molecule has 108 valence electrons. The van der Waals surface area contributed by atoms with Crippen LogP contribution in [0.25, 0.3) is 0 Å². The fourth-order valence-corrected chi connectivity index (χ4v) is 4.28. The van der Waals surface area contributed by atoms with Crippen LogP contribution in [0.3, 0.4) is 0 Å². The van der Waals surface area contributed by atoms with E-state index in [2.05, 4.69) is 38.2 Å². The number of rotatable bonds is 7. The van der Waals surface area contributed by atoms with Gasteiger partial charge in [0.05, 0.1) is 11.6 Å². The van der Waals surface area contributed by atoms with Crippen molar-refractivity contribution in [3.05, 3.63) is 21.9 Å². The molecule has 1 aromatic rings. The Balaban J connectivity index is 2.24. The predicted molar refractivity (Wildman–Crippen MR) is 82.9 cm³/mol. The van der Waals surface area contributed by atoms with Gasteiger partial charge in [0, 0.05) is 16.4 Å². The van der Waals surface area contributed by atoms with E-state index in [-0.39, 0.29) is 5.60 Å². The van der Waals surface area contributed by atoms with Crippen LogP contribution in [0.4, 0.5) is 0 Å². The van der Waals surface area contributed by atoms with E-state index in [1.807, 2.05) is 11.3 Å². The van der Waals surface area contributed by atoms with Gasteiger partial charge in [-0.1, -0.05) is 19.8 Å². The van der Waals surface area contributed by atoms with Crippen LogP contribution in [0, 0.1) is 6.92 Å². The van der Waals surface area contributed by atoms with Crippen LogP contribution < -0.4 is 5.32 Å². The second kappa shape index (κ2) is 6.87. The highest BCUT2D eigenvalue weighted by Crippen LogP contribution is 2.44. The maximum absolute atomic E-state index is 6.26. The minimum absolute atomic E-state index is 0.0290. The SMILES string of the molecule is CCCNC(c1ccc(C)s1)C1(OCC)CCCC1. The highest BCUT2D eigenvalue weighted by atomic mass is 32.1. The number of hydrogen-bond acceptors (Lipinski definition) is 3. The molecule has 1 atom stereocenters. The first-order valence-electron chi connectivity index (χ1n) is 7.65.